The Labute approximate surface area is 495 Å². The lowest BCUT2D eigenvalue weighted by Gasteiger charge is -2.28. The molecule has 0 saturated carbocycles. The number of nitrogens with one attached hydrogen (secondary N) is 2. The van der Waals surface area contributed by atoms with Crippen molar-refractivity contribution in [1.82, 2.24) is 5.32 Å². The lowest BCUT2D eigenvalue weighted by Crippen LogP contribution is -2.47. The molecule has 0 spiro atoms. The summed E-state index contributed by atoms with van der Waals surface area (Å²) in [4.78, 5) is 84.5. The maximum absolute atomic E-state index is 14.5. The summed E-state index contributed by atoms with van der Waals surface area (Å²) in [6, 6.07) is 26.5. The second kappa shape index (κ2) is 26.1. The number of para-hydroxylation sites is 2. The Hall–Kier alpha value is -6.67. The first-order valence-corrected chi connectivity index (χ1v) is 32.3. The third kappa shape index (κ3) is 14.0. The Balaban J connectivity index is 0.916. The van der Waals surface area contributed by atoms with Gasteiger partial charge in [-0.2, -0.15) is 8.42 Å². The van der Waals surface area contributed by atoms with Crippen molar-refractivity contribution in [2.24, 2.45) is 5.92 Å². The second-order valence-corrected chi connectivity index (χ2v) is 27.8. The van der Waals surface area contributed by atoms with Crippen molar-refractivity contribution >= 4 is 84.0 Å². The summed E-state index contributed by atoms with van der Waals surface area (Å²) < 4.78 is 51.1. The molecular weight excluding hydrogens is 1110 g/mol. The monoisotopic (exact) mass is 1190 g/mol. The smallest absolute Gasteiger partial charge is 0.272 e. The molecule has 2 N–H and O–H groups in total. The van der Waals surface area contributed by atoms with Crippen molar-refractivity contribution in [3.63, 3.8) is 0 Å². The molecule has 0 aromatic heterocycles. The molecule has 0 bridgehead atoms. The molecule has 5 atom stereocenters. The summed E-state index contributed by atoms with van der Waals surface area (Å²) in [7, 11) is 1.93. The van der Waals surface area contributed by atoms with Crippen molar-refractivity contribution < 1.29 is 55.6 Å². The van der Waals surface area contributed by atoms with Gasteiger partial charge < -0.3 is 34.6 Å². The van der Waals surface area contributed by atoms with Gasteiger partial charge in [-0.15, -0.1) is 0 Å². The second-order valence-electron chi connectivity index (χ2n) is 22.7. The minimum atomic E-state index is -4.12. The van der Waals surface area contributed by atoms with Crippen molar-refractivity contribution in [3.8, 4) is 17.2 Å². The number of methoxy groups -OCH3 is 1. The molecule has 4 heterocycles. The summed E-state index contributed by atoms with van der Waals surface area (Å²) in [6.45, 7) is 11.1. The van der Waals surface area contributed by atoms with Crippen LogP contribution in [0.2, 0.25) is 0 Å². The van der Waals surface area contributed by atoms with Gasteiger partial charge >= 0.3 is 0 Å². The van der Waals surface area contributed by atoms with Crippen LogP contribution < -0.4 is 34.6 Å². The number of hydrogen-bond acceptors (Lipinski definition) is 14. The van der Waals surface area contributed by atoms with E-state index in [2.05, 4.69) is 30.5 Å². The number of anilines is 3. The third-order valence-corrected chi connectivity index (χ3v) is 21.3. The number of ketones is 2. The van der Waals surface area contributed by atoms with Crippen molar-refractivity contribution in [1.29, 1.82) is 0 Å². The maximum atomic E-state index is 14.5. The zero-order valence-corrected chi connectivity index (χ0v) is 50.9. The molecule has 1 unspecified atom stereocenters. The first-order valence-electron chi connectivity index (χ1n) is 28.5. The molecule has 9 rings (SSSR count). The lowest BCUT2D eigenvalue weighted by atomic mass is 9.97. The zero-order chi connectivity index (χ0) is 59.3. The van der Waals surface area contributed by atoms with Crippen LogP contribution in [0.15, 0.2) is 91.0 Å². The van der Waals surface area contributed by atoms with Gasteiger partial charge in [0.15, 0.2) is 17.3 Å². The van der Waals surface area contributed by atoms with E-state index in [9.17, 15) is 37.2 Å². The topological polar surface area (TPSA) is 204 Å². The van der Waals surface area contributed by atoms with Crippen LogP contribution in [-0.4, -0.2) is 91.7 Å². The molecule has 0 saturated heterocycles. The van der Waals surface area contributed by atoms with E-state index >= 15 is 0 Å². The highest BCUT2D eigenvalue weighted by atomic mass is 33.1. The van der Waals surface area contributed by atoms with Gasteiger partial charge in [0.05, 0.1) is 26.3 Å². The van der Waals surface area contributed by atoms with Crippen LogP contribution in [0.4, 0.5) is 17.1 Å². The van der Waals surface area contributed by atoms with Gasteiger partial charge in [0.2, 0.25) is 11.8 Å². The molecule has 0 aliphatic carbocycles. The highest BCUT2D eigenvalue weighted by Crippen LogP contribution is 2.44. The zero-order valence-electron chi connectivity index (χ0n) is 48.5. The molecule has 16 nitrogen and oxygen atoms in total. The summed E-state index contributed by atoms with van der Waals surface area (Å²) >= 11 is 0. The number of carbonyl (C=O) groups is 6. The van der Waals surface area contributed by atoms with Crippen molar-refractivity contribution in [3.05, 3.63) is 141 Å². The number of benzene rings is 5. The van der Waals surface area contributed by atoms with Gasteiger partial charge in [0, 0.05) is 76.3 Å². The van der Waals surface area contributed by atoms with Crippen molar-refractivity contribution in [2.45, 2.75) is 154 Å². The standard InChI is InChI=1S/C64H74N4O12S3/c1-9-49(69)17-14-24-81-82-64(5,6)23-22-60(71)65-40(4)55(70)26-39(3)61(72)66-47-28-41(27-42(29-47)37-80-58-32-43-20-21-48-30-44-15-10-12-18-52(44)67(48)62(73)51(43)35-57(58)77-7)36-79-56-33-46-34-59(83(75,76)78-8)54-31-45-16-11-13-19-53(45)68(54)63(74)50(46)25-38(56)2/h10-13,15-16,18-19,25,27-29,32-33,35,39-40,48,54,59H,9,14,17,20-24,26,30-31,34,36-37H2,1-8H3,(H,65,71)(H,66,72)/t39-,40+,48-,54+,59?/m1/s1. The van der Waals surface area contributed by atoms with E-state index in [0.717, 1.165) is 54.5 Å². The number of aryl methyl sites for hydroxylation is 2. The first kappa shape index (κ1) is 60.9. The Kier molecular flexibility index (Phi) is 19.1. The molecule has 4 aliphatic rings. The van der Waals surface area contributed by atoms with E-state index in [1.807, 2.05) is 73.3 Å². The molecule has 0 radical (unpaired) electrons. The SMILES string of the molecule is CCC(=O)CCCSSC(C)(C)CCC(=O)N[C@@H](C)C(=O)C[C@@H](C)C(=O)Nc1cc(COc2cc3c(cc2C)C(=O)N2c4ccccc4C[C@H]2C(S(=O)(=O)OC)C3)cc(COc2cc3c(cc2OC)C(=O)N2c4ccccc4C[C@H]2CC3)c1. The average Bonchev–Trinajstić information content (AvgIpc) is 3.70. The van der Waals surface area contributed by atoms with Crippen LogP contribution in [0.5, 0.6) is 17.2 Å². The van der Waals surface area contributed by atoms with E-state index in [0.29, 0.717) is 94.1 Å². The molecule has 440 valence electrons. The van der Waals surface area contributed by atoms with Gasteiger partial charge in [-0.05, 0) is 166 Å². The van der Waals surface area contributed by atoms with Crippen LogP contribution in [0.3, 0.4) is 0 Å². The minimum Gasteiger partial charge on any atom is -0.493 e. The van der Waals surface area contributed by atoms with Gasteiger partial charge in [0.25, 0.3) is 21.9 Å². The first-order chi connectivity index (χ1) is 39.7. The molecular formula is C64H74N4O12S3. The Morgan fingerprint density at radius 3 is 2.08 bits per heavy atom. The van der Waals surface area contributed by atoms with Gasteiger partial charge in [0.1, 0.15) is 30.0 Å². The van der Waals surface area contributed by atoms with Gasteiger partial charge in [-0.3, -0.25) is 33.0 Å². The third-order valence-electron chi connectivity index (χ3n) is 16.2. The molecule has 5 aromatic carbocycles. The van der Waals surface area contributed by atoms with E-state index in [-0.39, 0.29) is 72.6 Å². The van der Waals surface area contributed by atoms with E-state index in [1.54, 1.807) is 70.7 Å². The van der Waals surface area contributed by atoms with Crippen molar-refractivity contribution in [2.75, 3.05) is 35.1 Å². The summed E-state index contributed by atoms with van der Waals surface area (Å²) in [5.41, 5.74) is 8.25. The molecule has 5 aromatic rings. The highest BCUT2D eigenvalue weighted by molar-refractivity contribution is 8.77. The number of rotatable bonds is 25. The number of amides is 4. The normalized spacial score (nSPS) is 17.8. The van der Waals surface area contributed by atoms with Crippen LogP contribution in [0, 0.1) is 12.8 Å². The predicted molar refractivity (Wildman–Crippen MR) is 325 cm³/mol. The molecule has 19 heteroatoms. The van der Waals surface area contributed by atoms with Crippen LogP contribution in [0.25, 0.3) is 0 Å². The Bertz CT molecular complexity index is 3440. The fourth-order valence-electron chi connectivity index (χ4n) is 11.5. The number of carbonyl (C=O) groups excluding carboxylic acids is 6. The maximum Gasteiger partial charge on any atom is 0.272 e. The largest absolute Gasteiger partial charge is 0.493 e. The number of nitrogens with zero attached hydrogens (tertiary/aromatic N) is 2. The van der Waals surface area contributed by atoms with E-state index < -0.39 is 39.3 Å². The molecule has 0 fully saturated rings. The van der Waals surface area contributed by atoms with E-state index in [1.165, 1.54) is 7.11 Å². The highest BCUT2D eigenvalue weighted by Gasteiger charge is 2.48. The van der Waals surface area contributed by atoms with Crippen LogP contribution in [0.1, 0.15) is 139 Å². The Morgan fingerprint density at radius 1 is 0.759 bits per heavy atom. The van der Waals surface area contributed by atoms with Gasteiger partial charge in [-0.25, -0.2) is 0 Å². The van der Waals surface area contributed by atoms with Crippen LogP contribution >= 0.6 is 21.6 Å². The summed E-state index contributed by atoms with van der Waals surface area (Å²) in [5.74, 6) is 0.204. The molecule has 4 amide bonds. The number of ether oxygens (including phenoxy) is 3. The molecule has 83 heavy (non-hydrogen) atoms. The number of hydrogen-bond donors (Lipinski definition) is 2. The number of fused-ring (bicyclic) bond motifs is 8. The summed E-state index contributed by atoms with van der Waals surface area (Å²) in [6.07, 6.45) is 5.19. The fourth-order valence-corrected chi connectivity index (χ4v) is 15.4. The fraction of sp³-hybridized carbons (Fsp3) is 0.438. The lowest BCUT2D eigenvalue weighted by molar-refractivity contribution is -0.129. The molecule has 4 aliphatic heterocycles. The number of Topliss-reactive ketones (excluding diaryl/α,β-unsaturated/α-hetero) is 2. The minimum absolute atomic E-state index is 0.00733. The average molecular weight is 1190 g/mol. The van der Waals surface area contributed by atoms with Gasteiger partial charge in [-0.1, -0.05) is 71.8 Å². The predicted octanol–water partition coefficient (Wildman–Crippen LogP) is 10.9. The quantitative estimate of drug-likeness (QED) is 0.0317. The Morgan fingerprint density at radius 2 is 1.40 bits per heavy atom. The van der Waals surface area contributed by atoms with E-state index in [4.69, 9.17) is 18.4 Å². The summed E-state index contributed by atoms with van der Waals surface area (Å²) in [5, 5.41) is 4.77. The van der Waals surface area contributed by atoms with Crippen LogP contribution in [-0.2, 0) is 72.4 Å².